The highest BCUT2D eigenvalue weighted by Gasteiger charge is 2.43. The Morgan fingerprint density at radius 2 is 1.68 bits per heavy atom. The number of fused-ring (bicyclic) bond motifs is 1. The first kappa shape index (κ1) is 14.3. The lowest BCUT2D eigenvalue weighted by atomic mass is 9.80. The number of carboxylic acid groups (broad SMARTS) is 1. The number of aliphatic carboxylic acids is 1. The number of rotatable bonds is 2. The summed E-state index contributed by atoms with van der Waals surface area (Å²) in [7, 11) is 1.51. The van der Waals surface area contributed by atoms with E-state index >= 15 is 0 Å². The molecule has 0 bridgehead atoms. The Morgan fingerprint density at radius 1 is 1.09 bits per heavy atom. The molecule has 0 saturated carbocycles. The van der Waals surface area contributed by atoms with E-state index in [0.29, 0.717) is 11.1 Å². The molecule has 22 heavy (non-hydrogen) atoms. The van der Waals surface area contributed by atoms with Crippen LogP contribution in [0.3, 0.4) is 0 Å². The Labute approximate surface area is 126 Å². The molecule has 1 aliphatic heterocycles. The summed E-state index contributed by atoms with van der Waals surface area (Å²) in [4.78, 5) is 25.6. The Bertz CT molecular complexity index is 759. The van der Waals surface area contributed by atoms with Crippen LogP contribution in [0, 0.1) is 5.82 Å². The lowest BCUT2D eigenvalue weighted by Gasteiger charge is -2.38. The molecule has 3 rings (SSSR count). The summed E-state index contributed by atoms with van der Waals surface area (Å²) < 4.78 is 14.2. The molecule has 2 atom stereocenters. The van der Waals surface area contributed by atoms with Gasteiger partial charge in [-0.05, 0) is 17.7 Å². The van der Waals surface area contributed by atoms with E-state index in [-0.39, 0.29) is 11.5 Å². The van der Waals surface area contributed by atoms with Crippen molar-refractivity contribution in [3.8, 4) is 0 Å². The van der Waals surface area contributed by atoms with Crippen molar-refractivity contribution in [3.05, 3.63) is 71.0 Å². The molecule has 112 valence electrons. The van der Waals surface area contributed by atoms with Crippen LogP contribution in [0.15, 0.2) is 48.5 Å². The Morgan fingerprint density at radius 3 is 2.32 bits per heavy atom. The fourth-order valence-electron chi connectivity index (χ4n) is 3.04. The number of likely N-dealkylation sites (N-methyl/N-ethyl adjacent to an activating group) is 1. The van der Waals surface area contributed by atoms with E-state index in [4.69, 9.17) is 0 Å². The molecule has 4 nitrogen and oxygen atoms in total. The first-order chi connectivity index (χ1) is 10.5. The van der Waals surface area contributed by atoms with Crippen LogP contribution in [-0.2, 0) is 4.79 Å². The minimum absolute atomic E-state index is 0.209. The van der Waals surface area contributed by atoms with Gasteiger partial charge in [0.15, 0.2) is 0 Å². The van der Waals surface area contributed by atoms with Crippen LogP contribution in [0.4, 0.5) is 4.39 Å². The quantitative estimate of drug-likeness (QED) is 0.927. The van der Waals surface area contributed by atoms with Crippen molar-refractivity contribution in [2.45, 2.75) is 12.0 Å². The third-order valence-electron chi connectivity index (χ3n) is 4.07. The number of hydrogen-bond acceptors (Lipinski definition) is 2. The maximum absolute atomic E-state index is 14.2. The lowest BCUT2D eigenvalue weighted by Crippen LogP contribution is -2.42. The predicted octanol–water partition coefficient (Wildman–Crippen LogP) is 2.82. The first-order valence-corrected chi connectivity index (χ1v) is 6.85. The van der Waals surface area contributed by atoms with Crippen LogP contribution in [0.25, 0.3) is 0 Å². The molecular weight excluding hydrogens is 285 g/mol. The molecule has 0 spiro atoms. The minimum atomic E-state index is -1.08. The van der Waals surface area contributed by atoms with E-state index in [9.17, 15) is 19.1 Å². The number of amides is 1. The smallest absolute Gasteiger partial charge is 0.313 e. The van der Waals surface area contributed by atoms with Crippen molar-refractivity contribution in [1.82, 2.24) is 4.90 Å². The molecule has 0 saturated heterocycles. The van der Waals surface area contributed by atoms with Gasteiger partial charge < -0.3 is 10.0 Å². The highest BCUT2D eigenvalue weighted by atomic mass is 19.1. The molecule has 2 aromatic rings. The fraction of sp³-hybridized carbons (Fsp3) is 0.176. The van der Waals surface area contributed by atoms with Gasteiger partial charge in [-0.2, -0.15) is 0 Å². The molecule has 2 aromatic carbocycles. The van der Waals surface area contributed by atoms with Crippen LogP contribution in [0.5, 0.6) is 0 Å². The number of carboxylic acids is 1. The molecule has 0 aliphatic carbocycles. The number of carbonyl (C=O) groups is 2. The van der Waals surface area contributed by atoms with Crippen molar-refractivity contribution in [2.24, 2.45) is 0 Å². The summed E-state index contributed by atoms with van der Waals surface area (Å²) in [5.74, 6) is -2.91. The molecule has 1 amide bonds. The fourth-order valence-corrected chi connectivity index (χ4v) is 3.04. The maximum Gasteiger partial charge on any atom is 0.313 e. The Balaban J connectivity index is 2.24. The minimum Gasteiger partial charge on any atom is -0.481 e. The lowest BCUT2D eigenvalue weighted by molar-refractivity contribution is -0.140. The van der Waals surface area contributed by atoms with Gasteiger partial charge in [-0.15, -0.1) is 0 Å². The summed E-state index contributed by atoms with van der Waals surface area (Å²) in [5.41, 5.74) is 0.983. The van der Waals surface area contributed by atoms with E-state index in [1.54, 1.807) is 30.3 Å². The summed E-state index contributed by atoms with van der Waals surface area (Å²) in [6.07, 6.45) is 0. The number of benzene rings is 2. The van der Waals surface area contributed by atoms with Crippen molar-refractivity contribution in [1.29, 1.82) is 0 Å². The van der Waals surface area contributed by atoms with Crippen molar-refractivity contribution in [2.75, 3.05) is 7.05 Å². The number of nitrogens with zero attached hydrogens (tertiary/aromatic N) is 1. The zero-order valence-corrected chi connectivity index (χ0v) is 11.9. The first-order valence-electron chi connectivity index (χ1n) is 6.85. The van der Waals surface area contributed by atoms with Crippen LogP contribution >= 0.6 is 0 Å². The zero-order valence-electron chi connectivity index (χ0n) is 11.9. The standard InChI is InChI=1S/C17H14FNO3/c1-19-15(12-8-4-5-9-13(12)18)14(17(21)22)10-6-2-3-7-11(10)16(19)20/h2-9,14-15H,1H3,(H,21,22)/t14-,15+/m1/s1. The van der Waals surface area contributed by atoms with Gasteiger partial charge in [0, 0.05) is 18.2 Å². The largest absolute Gasteiger partial charge is 0.481 e. The molecule has 5 heteroatoms. The summed E-state index contributed by atoms with van der Waals surface area (Å²) in [6, 6.07) is 11.7. The second-order valence-corrected chi connectivity index (χ2v) is 5.29. The second-order valence-electron chi connectivity index (χ2n) is 5.29. The van der Waals surface area contributed by atoms with Crippen LogP contribution in [-0.4, -0.2) is 28.9 Å². The third-order valence-corrected chi connectivity index (χ3v) is 4.07. The molecular formula is C17H14FNO3. The summed E-state index contributed by atoms with van der Waals surface area (Å²) in [6.45, 7) is 0. The van der Waals surface area contributed by atoms with Crippen LogP contribution < -0.4 is 0 Å². The van der Waals surface area contributed by atoms with E-state index in [2.05, 4.69) is 0 Å². The van der Waals surface area contributed by atoms with Crippen molar-refractivity contribution >= 4 is 11.9 Å². The molecule has 0 fully saturated rings. The monoisotopic (exact) mass is 299 g/mol. The third kappa shape index (κ3) is 2.06. The maximum atomic E-state index is 14.2. The molecule has 0 aromatic heterocycles. The summed E-state index contributed by atoms with van der Waals surface area (Å²) in [5, 5.41) is 9.65. The Kier molecular flexibility index (Phi) is 3.41. The van der Waals surface area contributed by atoms with Gasteiger partial charge in [0.05, 0.1) is 6.04 Å². The van der Waals surface area contributed by atoms with Gasteiger partial charge >= 0.3 is 5.97 Å². The van der Waals surface area contributed by atoms with Gasteiger partial charge in [0.2, 0.25) is 0 Å². The summed E-state index contributed by atoms with van der Waals surface area (Å²) >= 11 is 0. The number of hydrogen-bond donors (Lipinski definition) is 1. The highest BCUT2D eigenvalue weighted by molar-refractivity contribution is 6.00. The van der Waals surface area contributed by atoms with E-state index in [1.165, 1.54) is 30.1 Å². The average molecular weight is 299 g/mol. The van der Waals surface area contributed by atoms with Crippen molar-refractivity contribution in [3.63, 3.8) is 0 Å². The topological polar surface area (TPSA) is 57.6 Å². The Hall–Kier alpha value is -2.69. The van der Waals surface area contributed by atoms with Crippen molar-refractivity contribution < 1.29 is 19.1 Å². The SMILES string of the molecule is CN1C(=O)c2ccccc2[C@@H](C(=O)O)[C@@H]1c1ccccc1F. The normalized spacial score (nSPS) is 20.6. The van der Waals surface area contributed by atoms with Crippen LogP contribution in [0.2, 0.25) is 0 Å². The van der Waals surface area contributed by atoms with Gasteiger partial charge in [-0.1, -0.05) is 36.4 Å². The zero-order chi connectivity index (χ0) is 15.9. The van der Waals surface area contributed by atoms with Gasteiger partial charge in [0.25, 0.3) is 5.91 Å². The molecule has 1 heterocycles. The number of carbonyl (C=O) groups excluding carboxylic acids is 1. The molecule has 1 N–H and O–H groups in total. The van der Waals surface area contributed by atoms with Gasteiger partial charge in [-0.25, -0.2) is 4.39 Å². The van der Waals surface area contributed by atoms with E-state index in [1.807, 2.05) is 0 Å². The molecule has 0 radical (unpaired) electrons. The molecule has 0 unspecified atom stereocenters. The van der Waals surface area contributed by atoms with E-state index in [0.717, 1.165) is 0 Å². The number of halogens is 1. The highest BCUT2D eigenvalue weighted by Crippen LogP contribution is 2.42. The second kappa shape index (κ2) is 5.26. The van der Waals surface area contributed by atoms with Gasteiger partial charge in [-0.3, -0.25) is 9.59 Å². The average Bonchev–Trinajstić information content (AvgIpc) is 2.51. The van der Waals surface area contributed by atoms with E-state index < -0.39 is 23.7 Å². The molecule has 1 aliphatic rings. The predicted molar refractivity (Wildman–Crippen MR) is 78.1 cm³/mol. The van der Waals surface area contributed by atoms with Crippen LogP contribution in [0.1, 0.15) is 33.4 Å². The van der Waals surface area contributed by atoms with Gasteiger partial charge in [0.1, 0.15) is 11.7 Å².